The largest absolute Gasteiger partial charge is 0.106 e. The zero-order valence-electron chi connectivity index (χ0n) is 12.9. The van der Waals surface area contributed by atoms with E-state index >= 15 is 0 Å². The molecule has 2 atom stereocenters. The molecule has 19 heavy (non-hydrogen) atoms. The van der Waals surface area contributed by atoms with Crippen molar-refractivity contribution in [2.24, 2.45) is 11.8 Å². The van der Waals surface area contributed by atoms with Gasteiger partial charge in [0.15, 0.2) is 0 Å². The van der Waals surface area contributed by atoms with Crippen LogP contribution in [0.15, 0.2) is 37.0 Å². The minimum atomic E-state index is 0.838. The molecule has 0 heteroatoms. The molecular weight excluding hydrogens is 228 g/mol. The molecule has 0 aromatic carbocycles. The summed E-state index contributed by atoms with van der Waals surface area (Å²) in [5.41, 5.74) is 1.75. The highest BCUT2D eigenvalue weighted by molar-refractivity contribution is 5.26. The lowest BCUT2D eigenvalue weighted by atomic mass is 9.98. The van der Waals surface area contributed by atoms with E-state index < -0.39 is 0 Å². The standard InChI is InChI=1S/C17H28.C2H4/c1-2-3-4-5-6-7-8-9-10-16-13-15-11-12-17(16)14-15;1-2/h10-12,15,17H,2-9,13-14H2,1H3;1-2H2. The SMILES string of the molecule is C=C.CCCCCCCCCC=C1CC2C=CC1C2. The fourth-order valence-corrected chi connectivity index (χ4v) is 3.28. The monoisotopic (exact) mass is 260 g/mol. The van der Waals surface area contributed by atoms with Gasteiger partial charge in [-0.2, -0.15) is 0 Å². The molecule has 0 N–H and O–H groups in total. The maximum Gasteiger partial charge on any atom is -0.00173 e. The topological polar surface area (TPSA) is 0 Å². The van der Waals surface area contributed by atoms with E-state index in [-0.39, 0.29) is 0 Å². The van der Waals surface area contributed by atoms with Crippen molar-refractivity contribution in [3.05, 3.63) is 37.0 Å². The van der Waals surface area contributed by atoms with Crippen LogP contribution in [0.3, 0.4) is 0 Å². The number of unbranched alkanes of at least 4 members (excludes halogenated alkanes) is 7. The molecule has 2 bridgehead atoms. The van der Waals surface area contributed by atoms with Crippen LogP contribution in [0.1, 0.15) is 71.1 Å². The first-order chi connectivity index (χ1) is 9.40. The third-order valence-electron chi connectivity index (χ3n) is 4.36. The molecule has 0 spiro atoms. The minimum absolute atomic E-state index is 0.838. The number of fused-ring (bicyclic) bond motifs is 2. The first-order valence-electron chi connectivity index (χ1n) is 8.27. The lowest BCUT2D eigenvalue weighted by Crippen LogP contribution is -1.92. The Morgan fingerprint density at radius 1 is 1.05 bits per heavy atom. The van der Waals surface area contributed by atoms with Gasteiger partial charge >= 0.3 is 0 Å². The van der Waals surface area contributed by atoms with Gasteiger partial charge in [0.2, 0.25) is 0 Å². The highest BCUT2D eigenvalue weighted by atomic mass is 14.3. The molecule has 2 unspecified atom stereocenters. The Morgan fingerprint density at radius 3 is 2.32 bits per heavy atom. The van der Waals surface area contributed by atoms with Crippen LogP contribution >= 0.6 is 0 Å². The highest BCUT2D eigenvalue weighted by Gasteiger charge is 2.29. The molecule has 0 radical (unpaired) electrons. The summed E-state index contributed by atoms with van der Waals surface area (Å²) < 4.78 is 0. The molecule has 0 aliphatic heterocycles. The smallest absolute Gasteiger partial charge is 0.00173 e. The molecule has 108 valence electrons. The highest BCUT2D eigenvalue weighted by Crippen LogP contribution is 2.43. The van der Waals surface area contributed by atoms with Crippen molar-refractivity contribution >= 4 is 0 Å². The van der Waals surface area contributed by atoms with Gasteiger partial charge in [0.25, 0.3) is 0 Å². The summed E-state index contributed by atoms with van der Waals surface area (Å²) in [5.74, 6) is 1.74. The van der Waals surface area contributed by atoms with E-state index in [0.29, 0.717) is 0 Å². The molecule has 0 saturated heterocycles. The Labute approximate surface area is 120 Å². The zero-order valence-corrected chi connectivity index (χ0v) is 12.9. The Balaban J connectivity index is 0.000000861. The quantitative estimate of drug-likeness (QED) is 0.347. The second-order valence-electron chi connectivity index (χ2n) is 5.88. The predicted molar refractivity (Wildman–Crippen MR) is 87.3 cm³/mol. The van der Waals surface area contributed by atoms with Crippen LogP contribution in [-0.2, 0) is 0 Å². The van der Waals surface area contributed by atoms with Crippen LogP contribution in [0, 0.1) is 11.8 Å². The van der Waals surface area contributed by atoms with Gasteiger partial charge in [0.1, 0.15) is 0 Å². The Hall–Kier alpha value is -0.780. The summed E-state index contributed by atoms with van der Waals surface area (Å²) in [6.07, 6.45) is 21.6. The third kappa shape index (κ3) is 5.80. The number of hydrogen-bond donors (Lipinski definition) is 0. The van der Waals surface area contributed by atoms with Crippen molar-refractivity contribution in [1.82, 2.24) is 0 Å². The van der Waals surface area contributed by atoms with E-state index in [1.54, 1.807) is 5.57 Å². The molecule has 2 aliphatic carbocycles. The van der Waals surface area contributed by atoms with Gasteiger partial charge in [0, 0.05) is 0 Å². The molecule has 0 aromatic heterocycles. The lowest BCUT2D eigenvalue weighted by Gasteiger charge is -2.07. The van der Waals surface area contributed by atoms with Crippen molar-refractivity contribution in [1.29, 1.82) is 0 Å². The molecule has 0 aromatic rings. The molecule has 1 saturated carbocycles. The molecule has 0 nitrogen and oxygen atoms in total. The summed E-state index contributed by atoms with van der Waals surface area (Å²) in [6, 6.07) is 0. The third-order valence-corrected chi connectivity index (χ3v) is 4.36. The maximum atomic E-state index is 3.00. The first kappa shape index (κ1) is 16.3. The van der Waals surface area contributed by atoms with E-state index in [9.17, 15) is 0 Å². The van der Waals surface area contributed by atoms with E-state index in [2.05, 4.69) is 38.3 Å². The fourth-order valence-electron chi connectivity index (χ4n) is 3.28. The summed E-state index contributed by atoms with van der Waals surface area (Å²) in [7, 11) is 0. The van der Waals surface area contributed by atoms with Crippen LogP contribution < -0.4 is 0 Å². The van der Waals surface area contributed by atoms with Crippen molar-refractivity contribution < 1.29 is 0 Å². The zero-order chi connectivity index (χ0) is 13.9. The summed E-state index contributed by atoms with van der Waals surface area (Å²) in [4.78, 5) is 0. The second kappa shape index (κ2) is 10.1. The number of allylic oxidation sites excluding steroid dienone is 4. The molecule has 2 rings (SSSR count). The van der Waals surface area contributed by atoms with E-state index in [0.717, 1.165) is 11.8 Å². The van der Waals surface area contributed by atoms with Crippen LogP contribution in [0.25, 0.3) is 0 Å². The van der Waals surface area contributed by atoms with Crippen LogP contribution in [0.2, 0.25) is 0 Å². The van der Waals surface area contributed by atoms with Gasteiger partial charge in [-0.15, -0.1) is 13.2 Å². The predicted octanol–water partition coefficient (Wildman–Crippen LogP) is 6.45. The number of rotatable bonds is 8. The van der Waals surface area contributed by atoms with E-state index in [4.69, 9.17) is 0 Å². The van der Waals surface area contributed by atoms with Gasteiger partial charge in [-0.25, -0.2) is 0 Å². The Bertz CT molecular complexity index is 284. The lowest BCUT2D eigenvalue weighted by molar-refractivity contribution is 0.591. The van der Waals surface area contributed by atoms with E-state index in [1.807, 2.05) is 0 Å². The average molecular weight is 260 g/mol. The van der Waals surface area contributed by atoms with Gasteiger partial charge in [-0.1, -0.05) is 69.2 Å². The van der Waals surface area contributed by atoms with Gasteiger partial charge in [-0.3, -0.25) is 0 Å². The summed E-state index contributed by atoms with van der Waals surface area (Å²) >= 11 is 0. The normalized spacial score (nSPS) is 25.6. The summed E-state index contributed by atoms with van der Waals surface area (Å²) in [6.45, 7) is 8.29. The van der Waals surface area contributed by atoms with Crippen LogP contribution in [-0.4, -0.2) is 0 Å². The maximum absolute atomic E-state index is 3.00. The fraction of sp³-hybridized carbons (Fsp3) is 0.684. The van der Waals surface area contributed by atoms with Gasteiger partial charge in [-0.05, 0) is 37.5 Å². The summed E-state index contributed by atoms with van der Waals surface area (Å²) in [5, 5.41) is 0. The molecule has 0 amide bonds. The second-order valence-corrected chi connectivity index (χ2v) is 5.88. The van der Waals surface area contributed by atoms with Gasteiger partial charge in [0.05, 0.1) is 0 Å². The van der Waals surface area contributed by atoms with Crippen molar-refractivity contribution in [2.75, 3.05) is 0 Å². The Morgan fingerprint density at radius 2 is 1.74 bits per heavy atom. The Kier molecular flexibility index (Phi) is 8.62. The molecule has 2 aliphatic rings. The first-order valence-corrected chi connectivity index (χ1v) is 8.27. The van der Waals surface area contributed by atoms with Crippen LogP contribution in [0.4, 0.5) is 0 Å². The van der Waals surface area contributed by atoms with Crippen molar-refractivity contribution in [3.63, 3.8) is 0 Å². The number of hydrogen-bond acceptors (Lipinski definition) is 0. The van der Waals surface area contributed by atoms with Gasteiger partial charge < -0.3 is 0 Å². The molecule has 1 fully saturated rings. The van der Waals surface area contributed by atoms with Crippen molar-refractivity contribution in [2.45, 2.75) is 71.1 Å². The van der Waals surface area contributed by atoms with Crippen molar-refractivity contribution in [3.8, 4) is 0 Å². The minimum Gasteiger partial charge on any atom is -0.106 e. The molecular formula is C19H32. The average Bonchev–Trinajstić information content (AvgIpc) is 3.06. The van der Waals surface area contributed by atoms with E-state index in [1.165, 1.54) is 64.2 Å². The van der Waals surface area contributed by atoms with Crippen LogP contribution in [0.5, 0.6) is 0 Å². The molecule has 0 heterocycles.